The second-order valence-electron chi connectivity index (χ2n) is 6.48. The zero-order valence-electron chi connectivity index (χ0n) is 16.0. The molecule has 0 bridgehead atoms. The van der Waals surface area contributed by atoms with Crippen molar-refractivity contribution in [1.82, 2.24) is 15.0 Å². The molecular formula is C21H23N3O4S. The highest BCUT2D eigenvalue weighted by molar-refractivity contribution is 7.89. The summed E-state index contributed by atoms with van der Waals surface area (Å²) in [6.45, 7) is 2.28. The van der Waals surface area contributed by atoms with E-state index in [1.807, 2.05) is 30.3 Å². The maximum absolute atomic E-state index is 12.3. The van der Waals surface area contributed by atoms with E-state index in [2.05, 4.69) is 15.0 Å². The molecule has 8 heteroatoms. The molecule has 7 nitrogen and oxygen atoms in total. The second-order valence-corrected chi connectivity index (χ2v) is 8.19. The first-order chi connectivity index (χ1) is 14.0. The first-order valence-corrected chi connectivity index (χ1v) is 10.8. The first-order valence-electron chi connectivity index (χ1n) is 9.29. The van der Waals surface area contributed by atoms with E-state index in [0.29, 0.717) is 25.3 Å². The number of hydrogen-bond donors (Lipinski definition) is 2. The molecule has 0 radical (unpaired) electrons. The Kier molecular flexibility index (Phi) is 6.79. The molecule has 0 saturated heterocycles. The molecule has 0 aliphatic rings. The molecule has 3 rings (SSSR count). The van der Waals surface area contributed by atoms with E-state index in [9.17, 15) is 13.2 Å². The van der Waals surface area contributed by atoms with Gasteiger partial charge in [-0.05, 0) is 37.6 Å². The van der Waals surface area contributed by atoms with Crippen molar-refractivity contribution in [3.63, 3.8) is 0 Å². The number of nitrogens with one attached hydrogen (secondary N) is 2. The molecule has 2 N–H and O–H groups in total. The monoisotopic (exact) mass is 413 g/mol. The molecule has 0 unspecified atom stereocenters. The van der Waals surface area contributed by atoms with Crippen LogP contribution in [0, 0.1) is 0 Å². The van der Waals surface area contributed by atoms with Crippen LogP contribution < -0.4 is 14.8 Å². The van der Waals surface area contributed by atoms with Crippen LogP contribution in [0.25, 0.3) is 10.9 Å². The molecule has 1 amide bonds. The topological polar surface area (TPSA) is 97.4 Å². The molecule has 1 aromatic heterocycles. The minimum Gasteiger partial charge on any atom is -0.491 e. The molecule has 1 heterocycles. The third-order valence-electron chi connectivity index (χ3n) is 4.25. The maximum atomic E-state index is 12.3. The van der Waals surface area contributed by atoms with Crippen molar-refractivity contribution in [1.29, 1.82) is 0 Å². The molecule has 0 aliphatic heterocycles. The highest BCUT2D eigenvalue weighted by Gasteiger charge is 2.21. The predicted octanol–water partition coefficient (Wildman–Crippen LogP) is 2.49. The van der Waals surface area contributed by atoms with Crippen LogP contribution in [0.4, 0.5) is 0 Å². The molecular weight excluding hydrogens is 390 g/mol. The number of carbonyl (C=O) groups excluding carboxylic acids is 1. The predicted molar refractivity (Wildman–Crippen MR) is 111 cm³/mol. The van der Waals surface area contributed by atoms with Crippen LogP contribution in [0.2, 0.25) is 0 Å². The van der Waals surface area contributed by atoms with Crippen molar-refractivity contribution in [2.75, 3.05) is 13.2 Å². The summed E-state index contributed by atoms with van der Waals surface area (Å²) in [6, 6.07) is 16.6. The van der Waals surface area contributed by atoms with Gasteiger partial charge in [0.1, 0.15) is 11.3 Å². The number of para-hydroxylation sites is 1. The van der Waals surface area contributed by atoms with Crippen LogP contribution in [-0.4, -0.2) is 38.5 Å². The van der Waals surface area contributed by atoms with Gasteiger partial charge in [-0.15, -0.1) is 0 Å². The Balaban J connectivity index is 1.44. The van der Waals surface area contributed by atoms with Gasteiger partial charge in [0.15, 0.2) is 0 Å². The molecule has 29 heavy (non-hydrogen) atoms. The third-order valence-corrected chi connectivity index (χ3v) is 5.81. The van der Waals surface area contributed by atoms with Gasteiger partial charge in [0, 0.05) is 18.1 Å². The number of sulfonamides is 1. The summed E-state index contributed by atoms with van der Waals surface area (Å²) in [5.41, 5.74) is 0.794. The summed E-state index contributed by atoms with van der Waals surface area (Å²) in [5.74, 6) is 0.301. The zero-order valence-corrected chi connectivity index (χ0v) is 16.9. The van der Waals surface area contributed by atoms with Crippen molar-refractivity contribution in [2.24, 2.45) is 0 Å². The normalized spacial score (nSPS) is 12.4. The molecule has 152 valence electrons. The Labute approximate surface area is 170 Å². The number of pyridine rings is 1. The molecule has 0 fully saturated rings. The fourth-order valence-corrected chi connectivity index (χ4v) is 3.99. The fourth-order valence-electron chi connectivity index (χ4n) is 2.77. The van der Waals surface area contributed by atoms with Crippen LogP contribution in [0.5, 0.6) is 5.75 Å². The summed E-state index contributed by atoms with van der Waals surface area (Å²) < 4.78 is 32.7. The Bertz CT molecular complexity index is 1070. The van der Waals surface area contributed by atoms with Gasteiger partial charge in [0.05, 0.1) is 17.5 Å². The molecule has 3 aromatic rings. The zero-order chi connectivity index (χ0) is 20.7. The number of fused-ring (bicyclic) bond motifs is 1. The lowest BCUT2D eigenvalue weighted by Crippen LogP contribution is -2.45. The van der Waals surface area contributed by atoms with Crippen LogP contribution in [0.3, 0.4) is 0 Å². The van der Waals surface area contributed by atoms with Gasteiger partial charge in [-0.2, -0.15) is 4.72 Å². The number of amides is 1. The van der Waals surface area contributed by atoms with Crippen LogP contribution in [0.15, 0.2) is 71.8 Å². The SMILES string of the molecule is C[C@H](NS(=O)(=O)c1ccccc1)C(=O)NCCCOc1cccc2cccnc12. The van der Waals surface area contributed by atoms with Gasteiger partial charge in [-0.1, -0.05) is 36.4 Å². The summed E-state index contributed by atoms with van der Waals surface area (Å²) in [4.78, 5) is 16.6. The van der Waals surface area contributed by atoms with E-state index in [4.69, 9.17) is 4.74 Å². The third kappa shape index (κ3) is 5.52. The number of rotatable bonds is 9. The maximum Gasteiger partial charge on any atom is 0.241 e. The van der Waals surface area contributed by atoms with Gasteiger partial charge in [0.2, 0.25) is 15.9 Å². The molecule has 0 spiro atoms. The van der Waals surface area contributed by atoms with Gasteiger partial charge in [-0.3, -0.25) is 9.78 Å². The Morgan fingerprint density at radius 2 is 1.83 bits per heavy atom. The summed E-state index contributed by atoms with van der Waals surface area (Å²) in [7, 11) is -3.74. The molecule has 0 aliphatic carbocycles. The van der Waals surface area contributed by atoms with E-state index in [0.717, 1.165) is 10.9 Å². The lowest BCUT2D eigenvalue weighted by atomic mass is 10.2. The lowest BCUT2D eigenvalue weighted by molar-refractivity contribution is -0.122. The number of nitrogens with zero attached hydrogens (tertiary/aromatic N) is 1. The van der Waals surface area contributed by atoms with E-state index < -0.39 is 22.0 Å². The number of aromatic nitrogens is 1. The van der Waals surface area contributed by atoms with Gasteiger partial charge >= 0.3 is 0 Å². The van der Waals surface area contributed by atoms with E-state index in [1.54, 1.807) is 24.4 Å². The highest BCUT2D eigenvalue weighted by atomic mass is 32.2. The number of benzene rings is 2. The van der Waals surface area contributed by atoms with Gasteiger partial charge in [-0.25, -0.2) is 8.42 Å². The largest absolute Gasteiger partial charge is 0.491 e. The van der Waals surface area contributed by atoms with Crippen molar-refractivity contribution >= 4 is 26.8 Å². The Morgan fingerprint density at radius 3 is 2.62 bits per heavy atom. The van der Waals surface area contributed by atoms with Crippen LogP contribution in [-0.2, 0) is 14.8 Å². The highest BCUT2D eigenvalue weighted by Crippen LogP contribution is 2.22. The minimum absolute atomic E-state index is 0.122. The van der Waals surface area contributed by atoms with Crippen molar-refractivity contribution in [3.8, 4) is 5.75 Å². The molecule has 1 atom stereocenters. The smallest absolute Gasteiger partial charge is 0.241 e. The quantitative estimate of drug-likeness (QED) is 0.525. The fraction of sp³-hybridized carbons (Fsp3) is 0.238. The van der Waals surface area contributed by atoms with Crippen molar-refractivity contribution < 1.29 is 17.9 Å². The number of hydrogen-bond acceptors (Lipinski definition) is 5. The standard InChI is InChI=1S/C21H23N3O4S/c1-16(24-29(26,27)18-10-3-2-4-11-18)21(25)23-14-7-15-28-19-12-5-8-17-9-6-13-22-20(17)19/h2-6,8-13,16,24H,7,14-15H2,1H3,(H,23,25)/t16-/m0/s1. The molecule has 0 saturated carbocycles. The average Bonchev–Trinajstić information content (AvgIpc) is 2.73. The number of carbonyl (C=O) groups is 1. The van der Waals surface area contributed by atoms with Crippen LogP contribution >= 0.6 is 0 Å². The van der Waals surface area contributed by atoms with Gasteiger partial charge in [0.25, 0.3) is 0 Å². The Morgan fingerprint density at radius 1 is 1.07 bits per heavy atom. The van der Waals surface area contributed by atoms with Crippen molar-refractivity contribution in [2.45, 2.75) is 24.3 Å². The second kappa shape index (κ2) is 9.49. The number of ether oxygens (including phenoxy) is 1. The van der Waals surface area contributed by atoms with Crippen molar-refractivity contribution in [3.05, 3.63) is 66.9 Å². The Hall–Kier alpha value is -2.97. The lowest BCUT2D eigenvalue weighted by Gasteiger charge is -2.14. The van der Waals surface area contributed by atoms with Crippen LogP contribution in [0.1, 0.15) is 13.3 Å². The summed E-state index contributed by atoms with van der Waals surface area (Å²) >= 11 is 0. The summed E-state index contributed by atoms with van der Waals surface area (Å²) in [5, 5.41) is 3.72. The minimum atomic E-state index is -3.74. The molecule has 2 aromatic carbocycles. The van der Waals surface area contributed by atoms with E-state index in [-0.39, 0.29) is 4.90 Å². The van der Waals surface area contributed by atoms with Gasteiger partial charge < -0.3 is 10.1 Å². The van der Waals surface area contributed by atoms with E-state index >= 15 is 0 Å². The van der Waals surface area contributed by atoms with E-state index in [1.165, 1.54) is 19.1 Å². The first kappa shape index (κ1) is 20.8. The summed E-state index contributed by atoms with van der Waals surface area (Å²) in [6.07, 6.45) is 2.29. The average molecular weight is 413 g/mol.